The second-order valence-corrected chi connectivity index (χ2v) is 5.42. The van der Waals surface area contributed by atoms with Crippen LogP contribution in [0.1, 0.15) is 12.8 Å². The number of nitrogens with zero attached hydrogens (tertiary/aromatic N) is 3. The number of nitriles is 1. The van der Waals surface area contributed by atoms with Crippen LogP contribution < -0.4 is 5.32 Å². The highest BCUT2D eigenvalue weighted by Crippen LogP contribution is 2.20. The van der Waals surface area contributed by atoms with E-state index in [-0.39, 0.29) is 10.7 Å². The summed E-state index contributed by atoms with van der Waals surface area (Å²) in [6.45, 7) is 0.644. The first-order chi connectivity index (χ1) is 11.0. The SMILES string of the molecule is N#C/C(=C/Nc1cccnc1Cl)C(=O)N1CCC(C(=O)O)CC1. The predicted octanol–water partition coefficient (Wildman–Crippen LogP) is 1.88. The number of carbonyl (C=O) groups excluding carboxylic acids is 1. The van der Waals surface area contributed by atoms with Gasteiger partial charge in [0.15, 0.2) is 5.15 Å². The fraction of sp³-hybridized carbons (Fsp3) is 0.333. The molecule has 23 heavy (non-hydrogen) atoms. The summed E-state index contributed by atoms with van der Waals surface area (Å²) in [5.74, 6) is -1.70. The summed E-state index contributed by atoms with van der Waals surface area (Å²) in [7, 11) is 0. The molecule has 0 bridgehead atoms. The van der Waals surface area contributed by atoms with Crippen molar-refractivity contribution in [2.45, 2.75) is 12.8 Å². The zero-order valence-corrected chi connectivity index (χ0v) is 13.0. The van der Waals surface area contributed by atoms with Gasteiger partial charge in [-0.3, -0.25) is 9.59 Å². The summed E-state index contributed by atoms with van der Waals surface area (Å²) in [6, 6.07) is 5.19. The predicted molar refractivity (Wildman–Crippen MR) is 83.5 cm³/mol. The number of aliphatic carboxylic acids is 1. The van der Waals surface area contributed by atoms with Crippen LogP contribution in [0.15, 0.2) is 30.1 Å². The standard InChI is InChI=1S/C15H15ClN4O3/c16-13-12(2-1-5-18-13)19-9-11(8-17)14(21)20-6-3-10(4-7-20)15(22)23/h1-2,5,9-10,19H,3-4,6-7H2,(H,22,23)/b11-9-. The van der Waals surface area contributed by atoms with E-state index < -0.39 is 17.8 Å². The molecule has 0 atom stereocenters. The highest BCUT2D eigenvalue weighted by Gasteiger charge is 2.28. The van der Waals surface area contributed by atoms with Gasteiger partial charge in [0, 0.05) is 25.5 Å². The van der Waals surface area contributed by atoms with Gasteiger partial charge >= 0.3 is 5.97 Å². The lowest BCUT2D eigenvalue weighted by atomic mass is 9.97. The van der Waals surface area contributed by atoms with Gasteiger partial charge in [-0.15, -0.1) is 0 Å². The number of carboxylic acid groups (broad SMARTS) is 1. The van der Waals surface area contributed by atoms with Gasteiger partial charge in [0.1, 0.15) is 11.6 Å². The molecule has 2 heterocycles. The number of aromatic nitrogens is 1. The molecule has 120 valence electrons. The van der Waals surface area contributed by atoms with Gasteiger partial charge in [-0.25, -0.2) is 4.98 Å². The average Bonchev–Trinajstić information content (AvgIpc) is 2.56. The van der Waals surface area contributed by atoms with E-state index in [0.29, 0.717) is 31.6 Å². The van der Waals surface area contributed by atoms with Crippen molar-refractivity contribution in [1.29, 1.82) is 5.26 Å². The van der Waals surface area contributed by atoms with Crippen molar-refractivity contribution in [3.05, 3.63) is 35.3 Å². The molecule has 0 radical (unpaired) electrons. The lowest BCUT2D eigenvalue weighted by Gasteiger charge is -2.29. The molecular formula is C15H15ClN4O3. The van der Waals surface area contributed by atoms with E-state index in [2.05, 4.69) is 10.3 Å². The quantitative estimate of drug-likeness (QED) is 0.494. The number of piperidine rings is 1. The summed E-state index contributed by atoms with van der Waals surface area (Å²) in [5, 5.41) is 21.1. The molecule has 1 aliphatic rings. The molecule has 1 aromatic rings. The van der Waals surface area contributed by atoms with Crippen LogP contribution >= 0.6 is 11.6 Å². The number of hydrogen-bond acceptors (Lipinski definition) is 5. The maximum atomic E-state index is 12.3. The molecule has 1 saturated heterocycles. The van der Waals surface area contributed by atoms with Crippen molar-refractivity contribution in [2.75, 3.05) is 18.4 Å². The first kappa shape index (κ1) is 16.8. The first-order valence-electron chi connectivity index (χ1n) is 7.02. The highest BCUT2D eigenvalue weighted by molar-refractivity contribution is 6.32. The molecule has 1 amide bonds. The Bertz CT molecular complexity index is 676. The van der Waals surface area contributed by atoms with Crippen LogP contribution in [0.5, 0.6) is 0 Å². The van der Waals surface area contributed by atoms with Crippen LogP contribution in [-0.2, 0) is 9.59 Å². The van der Waals surface area contributed by atoms with Crippen LogP contribution in [0, 0.1) is 17.2 Å². The fourth-order valence-corrected chi connectivity index (χ4v) is 2.46. The number of halogens is 1. The van der Waals surface area contributed by atoms with E-state index in [4.69, 9.17) is 22.0 Å². The normalized spacial score (nSPS) is 15.8. The Hall–Kier alpha value is -2.59. The van der Waals surface area contributed by atoms with Crippen molar-refractivity contribution in [3.8, 4) is 6.07 Å². The highest BCUT2D eigenvalue weighted by atomic mass is 35.5. The minimum atomic E-state index is -0.846. The number of anilines is 1. The summed E-state index contributed by atoms with van der Waals surface area (Å²) in [4.78, 5) is 28.6. The molecule has 1 fully saturated rings. The fourth-order valence-electron chi connectivity index (χ4n) is 2.29. The van der Waals surface area contributed by atoms with Gasteiger partial charge in [0.05, 0.1) is 11.6 Å². The third-order valence-electron chi connectivity index (χ3n) is 3.61. The van der Waals surface area contributed by atoms with Crippen molar-refractivity contribution < 1.29 is 14.7 Å². The molecule has 2 rings (SSSR count). The smallest absolute Gasteiger partial charge is 0.306 e. The first-order valence-corrected chi connectivity index (χ1v) is 7.40. The molecule has 0 spiro atoms. The van der Waals surface area contributed by atoms with Crippen LogP contribution in [0.2, 0.25) is 5.15 Å². The van der Waals surface area contributed by atoms with Crippen molar-refractivity contribution in [3.63, 3.8) is 0 Å². The summed E-state index contributed by atoms with van der Waals surface area (Å²) >= 11 is 5.89. The van der Waals surface area contributed by atoms with Gasteiger partial charge in [-0.2, -0.15) is 5.26 Å². The average molecular weight is 335 g/mol. The number of pyridine rings is 1. The molecule has 0 aromatic carbocycles. The minimum Gasteiger partial charge on any atom is -0.481 e. The molecule has 2 N–H and O–H groups in total. The van der Waals surface area contributed by atoms with E-state index in [0.717, 1.165) is 0 Å². The maximum absolute atomic E-state index is 12.3. The third kappa shape index (κ3) is 4.20. The second kappa shape index (κ2) is 7.61. The number of amides is 1. The van der Waals surface area contributed by atoms with Crippen LogP contribution in [0.25, 0.3) is 0 Å². The van der Waals surface area contributed by atoms with E-state index >= 15 is 0 Å². The second-order valence-electron chi connectivity index (χ2n) is 5.06. The van der Waals surface area contributed by atoms with Crippen LogP contribution in [-0.4, -0.2) is 40.0 Å². The number of likely N-dealkylation sites (tertiary alicyclic amines) is 1. The molecule has 7 nitrogen and oxygen atoms in total. The Labute approximate surface area is 138 Å². The van der Waals surface area contributed by atoms with Crippen molar-refractivity contribution in [1.82, 2.24) is 9.88 Å². The van der Waals surface area contributed by atoms with Crippen LogP contribution in [0.4, 0.5) is 5.69 Å². The Kier molecular flexibility index (Phi) is 5.55. The zero-order chi connectivity index (χ0) is 16.8. The van der Waals surface area contributed by atoms with Gasteiger partial charge in [0.25, 0.3) is 5.91 Å². The molecule has 0 saturated carbocycles. The molecule has 1 aliphatic heterocycles. The van der Waals surface area contributed by atoms with Crippen molar-refractivity contribution in [2.24, 2.45) is 5.92 Å². The Balaban J connectivity index is 2.02. The molecule has 0 unspecified atom stereocenters. The van der Waals surface area contributed by atoms with E-state index in [9.17, 15) is 9.59 Å². The number of carbonyl (C=O) groups is 2. The zero-order valence-electron chi connectivity index (χ0n) is 12.2. The van der Waals surface area contributed by atoms with E-state index in [1.807, 2.05) is 6.07 Å². The summed E-state index contributed by atoms with van der Waals surface area (Å²) in [5.41, 5.74) is 0.415. The van der Waals surface area contributed by atoms with Gasteiger partial charge in [0.2, 0.25) is 0 Å². The van der Waals surface area contributed by atoms with Gasteiger partial charge in [-0.05, 0) is 25.0 Å². The Morgan fingerprint density at radius 2 is 2.17 bits per heavy atom. The largest absolute Gasteiger partial charge is 0.481 e. The maximum Gasteiger partial charge on any atom is 0.306 e. The molecule has 0 aliphatic carbocycles. The topological polar surface area (TPSA) is 106 Å². The molecule has 8 heteroatoms. The van der Waals surface area contributed by atoms with Gasteiger partial charge in [-0.1, -0.05) is 11.6 Å². The van der Waals surface area contributed by atoms with E-state index in [1.54, 1.807) is 12.1 Å². The summed E-state index contributed by atoms with van der Waals surface area (Å²) in [6.07, 6.45) is 3.60. The molecule has 1 aromatic heterocycles. The van der Waals surface area contributed by atoms with E-state index in [1.165, 1.54) is 17.3 Å². The Morgan fingerprint density at radius 1 is 1.48 bits per heavy atom. The van der Waals surface area contributed by atoms with Crippen molar-refractivity contribution >= 4 is 29.2 Å². The number of nitrogens with one attached hydrogen (secondary N) is 1. The number of hydrogen-bond donors (Lipinski definition) is 2. The monoisotopic (exact) mass is 334 g/mol. The van der Waals surface area contributed by atoms with Gasteiger partial charge < -0.3 is 15.3 Å². The lowest BCUT2D eigenvalue weighted by Crippen LogP contribution is -2.40. The molecular weight excluding hydrogens is 320 g/mol. The summed E-state index contributed by atoms with van der Waals surface area (Å²) < 4.78 is 0. The van der Waals surface area contributed by atoms with Crippen LogP contribution in [0.3, 0.4) is 0 Å². The minimum absolute atomic E-state index is 0.0707. The Morgan fingerprint density at radius 3 is 2.74 bits per heavy atom. The lowest BCUT2D eigenvalue weighted by molar-refractivity contribution is -0.145. The third-order valence-corrected chi connectivity index (χ3v) is 3.91. The number of carboxylic acids is 1. The number of rotatable bonds is 4.